The first-order valence-electron chi connectivity index (χ1n) is 10.6. The van der Waals surface area contributed by atoms with Gasteiger partial charge in [-0.3, -0.25) is 4.98 Å². The molecule has 0 aliphatic heterocycles. The monoisotopic (exact) mass is 412 g/mol. The van der Waals surface area contributed by atoms with Gasteiger partial charge in [0.1, 0.15) is 11.2 Å². The molecule has 3 heteroatoms. The van der Waals surface area contributed by atoms with Gasteiger partial charge < -0.3 is 9.73 Å². The lowest BCUT2D eigenvalue weighted by atomic mass is 10.0. The number of nitrogens with zero attached hydrogens (tertiary/aromatic N) is 1. The lowest BCUT2D eigenvalue weighted by Crippen LogP contribution is -1.90. The van der Waals surface area contributed by atoms with Crippen molar-refractivity contribution in [1.29, 1.82) is 0 Å². The SMILES string of the molecule is c1ccc(-c2ccc(Nc3ccc4oc5cccc(-c6cccnc6)c5c4c3)cc2)cc1. The smallest absolute Gasteiger partial charge is 0.136 e. The lowest BCUT2D eigenvalue weighted by Gasteiger charge is -2.08. The number of hydrogen-bond donors (Lipinski definition) is 1. The summed E-state index contributed by atoms with van der Waals surface area (Å²) in [5.41, 5.74) is 8.45. The minimum atomic E-state index is 0.876. The first-order chi connectivity index (χ1) is 15.8. The first-order valence-corrected chi connectivity index (χ1v) is 10.6. The number of nitrogens with one attached hydrogen (secondary N) is 1. The summed E-state index contributed by atoms with van der Waals surface area (Å²) >= 11 is 0. The van der Waals surface area contributed by atoms with E-state index < -0.39 is 0 Å². The number of hydrogen-bond acceptors (Lipinski definition) is 3. The Balaban J connectivity index is 1.38. The van der Waals surface area contributed by atoms with Crippen LogP contribution >= 0.6 is 0 Å². The second-order valence-corrected chi connectivity index (χ2v) is 7.80. The summed E-state index contributed by atoms with van der Waals surface area (Å²) in [6, 6.07) is 35.4. The van der Waals surface area contributed by atoms with Crippen molar-refractivity contribution in [3.63, 3.8) is 0 Å². The van der Waals surface area contributed by atoms with Crippen LogP contribution in [-0.2, 0) is 0 Å². The van der Waals surface area contributed by atoms with Crippen molar-refractivity contribution in [2.75, 3.05) is 5.32 Å². The van der Waals surface area contributed by atoms with Gasteiger partial charge >= 0.3 is 0 Å². The van der Waals surface area contributed by atoms with Crippen LogP contribution in [0.3, 0.4) is 0 Å². The molecule has 32 heavy (non-hydrogen) atoms. The van der Waals surface area contributed by atoms with Crippen LogP contribution in [-0.4, -0.2) is 4.98 Å². The number of pyridine rings is 1. The molecule has 0 radical (unpaired) electrons. The Morgan fingerprint density at radius 1 is 0.594 bits per heavy atom. The van der Waals surface area contributed by atoms with Gasteiger partial charge in [-0.15, -0.1) is 0 Å². The summed E-state index contributed by atoms with van der Waals surface area (Å²) in [5.74, 6) is 0. The second kappa shape index (κ2) is 7.71. The molecule has 0 amide bonds. The van der Waals surface area contributed by atoms with Gasteiger partial charge in [-0.1, -0.05) is 60.7 Å². The van der Waals surface area contributed by atoms with Crippen LogP contribution in [0.2, 0.25) is 0 Å². The normalized spacial score (nSPS) is 11.1. The Hall–Kier alpha value is -4.37. The summed E-state index contributed by atoms with van der Waals surface area (Å²) in [7, 11) is 0. The van der Waals surface area contributed by atoms with E-state index in [2.05, 4.69) is 83.1 Å². The number of aromatic nitrogens is 1. The first kappa shape index (κ1) is 18.4. The summed E-state index contributed by atoms with van der Waals surface area (Å²) in [6.45, 7) is 0. The molecule has 1 N–H and O–H groups in total. The molecule has 4 aromatic carbocycles. The number of furan rings is 1. The topological polar surface area (TPSA) is 38.1 Å². The van der Waals surface area contributed by atoms with Crippen molar-refractivity contribution in [3.05, 3.63) is 116 Å². The third-order valence-electron chi connectivity index (χ3n) is 5.75. The number of fused-ring (bicyclic) bond motifs is 3. The maximum atomic E-state index is 6.14. The molecule has 6 aromatic rings. The van der Waals surface area contributed by atoms with Crippen molar-refractivity contribution in [1.82, 2.24) is 4.98 Å². The Bertz CT molecular complexity index is 1520. The average molecular weight is 412 g/mol. The van der Waals surface area contributed by atoms with E-state index in [9.17, 15) is 0 Å². The minimum Gasteiger partial charge on any atom is -0.456 e. The molecule has 0 atom stereocenters. The van der Waals surface area contributed by atoms with E-state index in [0.717, 1.165) is 44.4 Å². The maximum absolute atomic E-state index is 6.14. The predicted octanol–water partition coefficient (Wildman–Crippen LogP) is 8.06. The van der Waals surface area contributed by atoms with E-state index in [1.165, 1.54) is 11.1 Å². The number of benzene rings is 4. The van der Waals surface area contributed by atoms with Crippen LogP contribution in [0, 0.1) is 0 Å². The minimum absolute atomic E-state index is 0.876. The zero-order valence-electron chi connectivity index (χ0n) is 17.3. The van der Waals surface area contributed by atoms with Crippen molar-refractivity contribution in [2.24, 2.45) is 0 Å². The summed E-state index contributed by atoms with van der Waals surface area (Å²) in [4.78, 5) is 4.29. The van der Waals surface area contributed by atoms with E-state index in [4.69, 9.17) is 4.42 Å². The Morgan fingerprint density at radius 3 is 2.19 bits per heavy atom. The average Bonchev–Trinajstić information content (AvgIpc) is 3.24. The molecule has 0 saturated carbocycles. The largest absolute Gasteiger partial charge is 0.456 e. The predicted molar refractivity (Wildman–Crippen MR) is 132 cm³/mol. The van der Waals surface area contributed by atoms with E-state index in [1.54, 1.807) is 6.20 Å². The fourth-order valence-electron chi connectivity index (χ4n) is 4.21. The zero-order chi connectivity index (χ0) is 21.3. The Labute approximate surface area is 186 Å². The van der Waals surface area contributed by atoms with Gasteiger partial charge in [0.25, 0.3) is 0 Å². The molecule has 0 bridgehead atoms. The van der Waals surface area contributed by atoms with Gasteiger partial charge in [0.05, 0.1) is 0 Å². The molecule has 0 fully saturated rings. The molecule has 3 nitrogen and oxygen atoms in total. The van der Waals surface area contributed by atoms with Crippen LogP contribution in [0.25, 0.3) is 44.2 Å². The summed E-state index contributed by atoms with van der Waals surface area (Å²) in [6.07, 6.45) is 3.69. The van der Waals surface area contributed by atoms with Crippen LogP contribution in [0.4, 0.5) is 11.4 Å². The van der Waals surface area contributed by atoms with Gasteiger partial charge in [0.15, 0.2) is 0 Å². The Morgan fingerprint density at radius 2 is 1.38 bits per heavy atom. The number of anilines is 2. The quantitative estimate of drug-likeness (QED) is 0.318. The van der Waals surface area contributed by atoms with Crippen molar-refractivity contribution in [2.45, 2.75) is 0 Å². The molecule has 2 aromatic heterocycles. The van der Waals surface area contributed by atoms with Crippen LogP contribution in [0.5, 0.6) is 0 Å². The Kier molecular flexibility index (Phi) is 4.43. The molecule has 2 heterocycles. The highest BCUT2D eigenvalue weighted by Crippen LogP contribution is 2.37. The van der Waals surface area contributed by atoms with Crippen molar-refractivity contribution in [3.8, 4) is 22.3 Å². The van der Waals surface area contributed by atoms with E-state index in [1.807, 2.05) is 36.5 Å². The van der Waals surface area contributed by atoms with Gasteiger partial charge in [0, 0.05) is 40.1 Å². The third-order valence-corrected chi connectivity index (χ3v) is 5.75. The van der Waals surface area contributed by atoms with Crippen LogP contribution in [0.15, 0.2) is 120 Å². The molecule has 0 spiro atoms. The number of rotatable bonds is 4. The molecular formula is C29H20N2O. The summed E-state index contributed by atoms with van der Waals surface area (Å²) in [5, 5.41) is 5.73. The van der Waals surface area contributed by atoms with Crippen LogP contribution < -0.4 is 5.32 Å². The maximum Gasteiger partial charge on any atom is 0.136 e. The fourth-order valence-corrected chi connectivity index (χ4v) is 4.21. The highest BCUT2D eigenvalue weighted by Gasteiger charge is 2.13. The van der Waals surface area contributed by atoms with E-state index in [-0.39, 0.29) is 0 Å². The molecule has 0 aliphatic carbocycles. The zero-order valence-corrected chi connectivity index (χ0v) is 17.3. The molecule has 152 valence electrons. The standard InChI is InChI=1S/C29H20N2O/c1-2-6-20(7-3-1)21-11-13-23(14-12-21)31-24-15-16-27-26(18-24)29-25(9-4-10-28(29)32-27)22-8-5-17-30-19-22/h1-19,31H. The third kappa shape index (κ3) is 3.30. The van der Waals surface area contributed by atoms with E-state index in [0.29, 0.717) is 0 Å². The molecular weight excluding hydrogens is 392 g/mol. The highest BCUT2D eigenvalue weighted by atomic mass is 16.3. The lowest BCUT2D eigenvalue weighted by molar-refractivity contribution is 0.669. The highest BCUT2D eigenvalue weighted by molar-refractivity contribution is 6.13. The van der Waals surface area contributed by atoms with Gasteiger partial charge in [-0.2, -0.15) is 0 Å². The second-order valence-electron chi connectivity index (χ2n) is 7.80. The molecule has 0 saturated heterocycles. The van der Waals surface area contributed by atoms with Gasteiger partial charge in [-0.05, 0) is 59.2 Å². The van der Waals surface area contributed by atoms with Crippen molar-refractivity contribution >= 4 is 33.3 Å². The van der Waals surface area contributed by atoms with Crippen LogP contribution in [0.1, 0.15) is 0 Å². The van der Waals surface area contributed by atoms with E-state index >= 15 is 0 Å². The van der Waals surface area contributed by atoms with Gasteiger partial charge in [0.2, 0.25) is 0 Å². The molecule has 0 aliphatic rings. The van der Waals surface area contributed by atoms with Gasteiger partial charge in [-0.25, -0.2) is 0 Å². The molecule has 6 rings (SSSR count). The van der Waals surface area contributed by atoms with Crippen molar-refractivity contribution < 1.29 is 4.42 Å². The summed E-state index contributed by atoms with van der Waals surface area (Å²) < 4.78 is 6.14. The fraction of sp³-hybridized carbons (Fsp3) is 0. The molecule has 0 unspecified atom stereocenters.